The molecule has 0 saturated heterocycles. The first-order valence-corrected chi connectivity index (χ1v) is 14.7. The molecule has 3 heteroatoms. The van der Waals surface area contributed by atoms with Crippen LogP contribution >= 0.6 is 0 Å². The van der Waals surface area contributed by atoms with Crippen LogP contribution in [0.5, 0.6) is 0 Å². The lowest BCUT2D eigenvalue weighted by atomic mass is 10.0. The van der Waals surface area contributed by atoms with Crippen molar-refractivity contribution < 1.29 is 13.9 Å². The molecular formula is C30H57FO2. The topological polar surface area (TPSA) is 26.3 Å². The Morgan fingerprint density at radius 2 is 0.879 bits per heavy atom. The second-order valence-corrected chi connectivity index (χ2v) is 9.90. The van der Waals surface area contributed by atoms with E-state index in [1.165, 1.54) is 128 Å². The van der Waals surface area contributed by atoms with Crippen molar-refractivity contribution in [3.63, 3.8) is 0 Å². The van der Waals surface area contributed by atoms with E-state index < -0.39 is 11.8 Å². The standard InChI is InChI=1S/C30H57FO2/c1-3-5-7-9-11-13-14-15-16-17-18-19-20-21-23-25-27-29(31)30(32)33-28-26-24-22-12-10-8-6-4-2/h27H,3-26,28H2,1-2H3. The van der Waals surface area contributed by atoms with Crippen LogP contribution in [0.3, 0.4) is 0 Å². The van der Waals surface area contributed by atoms with Crippen molar-refractivity contribution >= 4 is 5.97 Å². The smallest absolute Gasteiger partial charge is 0.366 e. The van der Waals surface area contributed by atoms with Gasteiger partial charge in [0.25, 0.3) is 0 Å². The monoisotopic (exact) mass is 468 g/mol. The SMILES string of the molecule is CCCCCCCCCCCCCCCCCC=C(F)C(=O)OCCCCCCCCCC. The Bertz CT molecular complexity index is 433. The van der Waals surface area contributed by atoms with Gasteiger partial charge in [0.05, 0.1) is 6.61 Å². The number of unbranched alkanes of at least 4 members (excludes halogenated alkanes) is 22. The third-order valence-electron chi connectivity index (χ3n) is 6.56. The highest BCUT2D eigenvalue weighted by Gasteiger charge is 2.09. The van der Waals surface area contributed by atoms with Crippen LogP contribution in [-0.4, -0.2) is 12.6 Å². The van der Waals surface area contributed by atoms with Crippen LogP contribution in [0, 0.1) is 0 Å². The number of hydrogen-bond donors (Lipinski definition) is 0. The van der Waals surface area contributed by atoms with E-state index in [0.29, 0.717) is 13.0 Å². The second kappa shape index (κ2) is 27.4. The molecule has 196 valence electrons. The Hall–Kier alpha value is -0.860. The fourth-order valence-electron chi connectivity index (χ4n) is 4.30. The van der Waals surface area contributed by atoms with Gasteiger partial charge in [-0.25, -0.2) is 4.79 Å². The Labute approximate surface area is 206 Å². The van der Waals surface area contributed by atoms with Gasteiger partial charge in [-0.2, -0.15) is 4.39 Å². The number of carbonyl (C=O) groups is 1. The summed E-state index contributed by atoms with van der Waals surface area (Å²) in [6.45, 7) is 4.84. The average molecular weight is 469 g/mol. The summed E-state index contributed by atoms with van der Waals surface area (Å²) in [5, 5.41) is 0. The van der Waals surface area contributed by atoms with Gasteiger partial charge >= 0.3 is 5.97 Å². The number of rotatable bonds is 26. The Morgan fingerprint density at radius 3 is 1.27 bits per heavy atom. The van der Waals surface area contributed by atoms with Crippen LogP contribution in [0.15, 0.2) is 11.9 Å². The molecule has 0 aliphatic carbocycles. The van der Waals surface area contributed by atoms with E-state index in [9.17, 15) is 9.18 Å². The third kappa shape index (κ3) is 25.6. The van der Waals surface area contributed by atoms with Gasteiger partial charge in [0, 0.05) is 0 Å². The zero-order valence-electron chi connectivity index (χ0n) is 22.4. The summed E-state index contributed by atoms with van der Waals surface area (Å²) < 4.78 is 18.9. The number of carbonyl (C=O) groups excluding carboxylic acids is 1. The minimum Gasteiger partial charge on any atom is -0.460 e. The molecule has 2 nitrogen and oxygen atoms in total. The molecule has 0 atom stereocenters. The average Bonchev–Trinajstić information content (AvgIpc) is 2.82. The van der Waals surface area contributed by atoms with Gasteiger partial charge < -0.3 is 4.74 Å². The van der Waals surface area contributed by atoms with Crippen molar-refractivity contribution in [2.75, 3.05) is 6.61 Å². The molecule has 0 N–H and O–H groups in total. The fourth-order valence-corrected chi connectivity index (χ4v) is 4.30. The van der Waals surface area contributed by atoms with Crippen molar-refractivity contribution in [2.24, 2.45) is 0 Å². The highest BCUT2D eigenvalue weighted by molar-refractivity contribution is 5.85. The summed E-state index contributed by atoms with van der Waals surface area (Å²) in [4.78, 5) is 11.7. The Kier molecular flexibility index (Phi) is 26.7. The first-order valence-electron chi connectivity index (χ1n) is 14.7. The summed E-state index contributed by atoms with van der Waals surface area (Å²) >= 11 is 0. The summed E-state index contributed by atoms with van der Waals surface area (Å²) in [5.74, 6) is -1.49. The van der Waals surface area contributed by atoms with Gasteiger partial charge in [-0.1, -0.05) is 149 Å². The second-order valence-electron chi connectivity index (χ2n) is 9.90. The maximum atomic E-state index is 13.8. The molecule has 0 aromatic rings. The molecule has 0 rings (SSSR count). The lowest BCUT2D eigenvalue weighted by molar-refractivity contribution is -0.140. The molecule has 0 aromatic heterocycles. The van der Waals surface area contributed by atoms with Crippen LogP contribution < -0.4 is 0 Å². The van der Waals surface area contributed by atoms with Crippen LogP contribution in [0.1, 0.15) is 168 Å². The van der Waals surface area contributed by atoms with E-state index in [0.717, 1.165) is 25.7 Å². The minimum atomic E-state index is -0.779. The van der Waals surface area contributed by atoms with E-state index in [1.54, 1.807) is 0 Å². The van der Waals surface area contributed by atoms with Gasteiger partial charge in [0.1, 0.15) is 0 Å². The molecule has 0 bridgehead atoms. The summed E-state index contributed by atoms with van der Waals surface area (Å²) in [6.07, 6.45) is 31.4. The zero-order valence-corrected chi connectivity index (χ0v) is 22.4. The molecule has 0 aliphatic rings. The third-order valence-corrected chi connectivity index (χ3v) is 6.56. The molecule has 0 fully saturated rings. The van der Waals surface area contributed by atoms with Crippen molar-refractivity contribution in [1.82, 2.24) is 0 Å². The Balaban J connectivity index is 3.36. The van der Waals surface area contributed by atoms with Crippen molar-refractivity contribution in [2.45, 2.75) is 168 Å². The molecule has 0 amide bonds. The molecule has 0 aliphatic heterocycles. The molecule has 0 unspecified atom stereocenters. The number of ether oxygens (including phenoxy) is 1. The van der Waals surface area contributed by atoms with Crippen LogP contribution in [0.25, 0.3) is 0 Å². The summed E-state index contributed by atoms with van der Waals surface area (Å²) in [6, 6.07) is 0. The van der Waals surface area contributed by atoms with Crippen molar-refractivity contribution in [3.8, 4) is 0 Å². The van der Waals surface area contributed by atoms with Crippen LogP contribution in [0.4, 0.5) is 4.39 Å². The van der Waals surface area contributed by atoms with Crippen molar-refractivity contribution in [3.05, 3.63) is 11.9 Å². The highest BCUT2D eigenvalue weighted by Crippen LogP contribution is 2.14. The molecule has 0 spiro atoms. The maximum absolute atomic E-state index is 13.8. The predicted octanol–water partition coefficient (Wildman–Crippen LogP) is 10.8. The zero-order chi connectivity index (χ0) is 24.2. The summed E-state index contributed by atoms with van der Waals surface area (Å²) in [7, 11) is 0. The number of allylic oxidation sites excluding steroid dienone is 1. The highest BCUT2D eigenvalue weighted by atomic mass is 19.1. The van der Waals surface area contributed by atoms with Gasteiger partial charge in [-0.3, -0.25) is 0 Å². The quantitative estimate of drug-likeness (QED) is 0.0716. The minimum absolute atomic E-state index is 0.341. The molecule has 0 heterocycles. The van der Waals surface area contributed by atoms with Gasteiger partial charge in [0.2, 0.25) is 5.83 Å². The van der Waals surface area contributed by atoms with Crippen LogP contribution in [0.2, 0.25) is 0 Å². The van der Waals surface area contributed by atoms with Crippen molar-refractivity contribution in [1.29, 1.82) is 0 Å². The van der Waals surface area contributed by atoms with Crippen LogP contribution in [-0.2, 0) is 9.53 Å². The first kappa shape index (κ1) is 32.1. The molecule has 0 aromatic carbocycles. The largest absolute Gasteiger partial charge is 0.460 e. The number of esters is 1. The van der Waals surface area contributed by atoms with E-state index in [1.807, 2.05) is 0 Å². The predicted molar refractivity (Wildman–Crippen MR) is 142 cm³/mol. The van der Waals surface area contributed by atoms with E-state index >= 15 is 0 Å². The molecule has 0 radical (unpaired) electrons. The normalized spacial score (nSPS) is 11.8. The molecule has 33 heavy (non-hydrogen) atoms. The first-order chi connectivity index (χ1) is 16.2. The summed E-state index contributed by atoms with van der Waals surface area (Å²) in [5.41, 5.74) is 0. The van der Waals surface area contributed by atoms with Gasteiger partial charge in [-0.05, 0) is 25.3 Å². The maximum Gasteiger partial charge on any atom is 0.366 e. The lowest BCUT2D eigenvalue weighted by Crippen LogP contribution is -2.06. The van der Waals surface area contributed by atoms with Gasteiger partial charge in [0.15, 0.2) is 0 Å². The fraction of sp³-hybridized carbons (Fsp3) is 0.900. The van der Waals surface area contributed by atoms with E-state index in [2.05, 4.69) is 13.8 Å². The Morgan fingerprint density at radius 1 is 0.545 bits per heavy atom. The number of halogens is 1. The van der Waals surface area contributed by atoms with E-state index in [4.69, 9.17) is 4.74 Å². The molecular weight excluding hydrogens is 411 g/mol. The molecule has 0 saturated carbocycles. The van der Waals surface area contributed by atoms with Gasteiger partial charge in [-0.15, -0.1) is 0 Å². The lowest BCUT2D eigenvalue weighted by Gasteiger charge is -2.04. The van der Waals surface area contributed by atoms with E-state index in [-0.39, 0.29) is 0 Å². The number of hydrogen-bond acceptors (Lipinski definition) is 2.